The maximum atomic E-state index is 13.1. The largest absolute Gasteiger partial charge is 0.493 e. The normalized spacial score (nSPS) is 12.0. The highest BCUT2D eigenvalue weighted by atomic mass is 16.5. The lowest BCUT2D eigenvalue weighted by atomic mass is 9.83. The SMILES string of the molecule is COc1cccc2cc(C(=O)OCC(=O)Nc3cccc4c3C(=O)c3ccccc3C4=O)c(=O)oc12. The van der Waals surface area contributed by atoms with Crippen molar-refractivity contribution in [2.24, 2.45) is 0 Å². The molecule has 5 rings (SSSR count). The number of carbonyl (C=O) groups excluding carboxylic acids is 4. The number of esters is 1. The zero-order valence-corrected chi connectivity index (χ0v) is 18.8. The first-order valence-electron chi connectivity index (χ1n) is 10.8. The van der Waals surface area contributed by atoms with Crippen LogP contribution >= 0.6 is 0 Å². The number of hydrogen-bond acceptors (Lipinski definition) is 8. The molecule has 1 heterocycles. The van der Waals surface area contributed by atoms with Crippen LogP contribution in [0.3, 0.4) is 0 Å². The molecule has 1 aliphatic carbocycles. The highest BCUT2D eigenvalue weighted by molar-refractivity contribution is 6.30. The minimum atomic E-state index is -1.06. The summed E-state index contributed by atoms with van der Waals surface area (Å²) in [5.41, 5.74) is -0.298. The number of ketones is 2. The molecular weight excluding hydrogens is 466 g/mol. The Balaban J connectivity index is 1.34. The van der Waals surface area contributed by atoms with E-state index in [1.807, 2.05) is 0 Å². The molecule has 0 bridgehead atoms. The zero-order chi connectivity index (χ0) is 25.4. The van der Waals surface area contributed by atoms with Crippen molar-refractivity contribution in [3.8, 4) is 5.75 Å². The summed E-state index contributed by atoms with van der Waals surface area (Å²) in [6.45, 7) is -0.739. The van der Waals surface area contributed by atoms with Gasteiger partial charge in [0, 0.05) is 22.1 Å². The Morgan fingerprint density at radius 3 is 2.31 bits per heavy atom. The molecule has 0 fully saturated rings. The first-order chi connectivity index (χ1) is 17.4. The van der Waals surface area contributed by atoms with E-state index in [0.29, 0.717) is 16.7 Å². The Morgan fingerprint density at radius 2 is 1.56 bits per heavy atom. The Bertz CT molecular complexity index is 1650. The highest BCUT2D eigenvalue weighted by Gasteiger charge is 2.31. The minimum Gasteiger partial charge on any atom is -0.493 e. The number of anilines is 1. The van der Waals surface area contributed by atoms with E-state index in [1.54, 1.807) is 42.5 Å². The van der Waals surface area contributed by atoms with E-state index in [4.69, 9.17) is 13.9 Å². The van der Waals surface area contributed by atoms with Gasteiger partial charge in [0.05, 0.1) is 18.4 Å². The van der Waals surface area contributed by atoms with Gasteiger partial charge in [0.2, 0.25) is 0 Å². The highest BCUT2D eigenvalue weighted by Crippen LogP contribution is 2.32. The predicted molar refractivity (Wildman–Crippen MR) is 128 cm³/mol. The van der Waals surface area contributed by atoms with Gasteiger partial charge in [-0.2, -0.15) is 0 Å². The molecule has 0 atom stereocenters. The number of amides is 1. The summed E-state index contributed by atoms with van der Waals surface area (Å²) in [7, 11) is 1.42. The van der Waals surface area contributed by atoms with Crippen LogP contribution in [0.4, 0.5) is 5.69 Å². The van der Waals surface area contributed by atoms with Gasteiger partial charge in [0.25, 0.3) is 5.91 Å². The number of fused-ring (bicyclic) bond motifs is 3. The lowest BCUT2D eigenvalue weighted by Gasteiger charge is -2.20. The molecule has 1 N–H and O–H groups in total. The van der Waals surface area contributed by atoms with Crippen molar-refractivity contribution in [2.45, 2.75) is 0 Å². The number of nitrogens with one attached hydrogen (secondary N) is 1. The van der Waals surface area contributed by atoms with Crippen LogP contribution in [0.1, 0.15) is 42.2 Å². The van der Waals surface area contributed by atoms with Crippen LogP contribution < -0.4 is 15.7 Å². The van der Waals surface area contributed by atoms with Crippen molar-refractivity contribution >= 4 is 40.1 Å². The minimum absolute atomic E-state index is 0.0602. The summed E-state index contributed by atoms with van der Waals surface area (Å²) in [6, 6.07) is 17.1. The molecule has 0 radical (unpaired) electrons. The smallest absolute Gasteiger partial charge is 0.351 e. The Labute approximate surface area is 203 Å². The van der Waals surface area contributed by atoms with Gasteiger partial charge in [0.15, 0.2) is 29.5 Å². The van der Waals surface area contributed by atoms with Crippen molar-refractivity contribution in [1.29, 1.82) is 0 Å². The van der Waals surface area contributed by atoms with Crippen LogP contribution in [0, 0.1) is 0 Å². The number of para-hydroxylation sites is 1. The summed E-state index contributed by atoms with van der Waals surface area (Å²) in [6.07, 6.45) is 0. The fourth-order valence-corrected chi connectivity index (χ4v) is 4.07. The standard InChI is InChI=1S/C27H17NO8/c1-34-20-11-4-6-14-12-18(27(33)36-25(14)20)26(32)35-13-21(29)28-19-10-5-9-17-22(19)24(31)16-8-3-2-7-15(16)23(17)30/h2-12H,13H2,1H3,(H,28,29). The predicted octanol–water partition coefficient (Wildman–Crippen LogP) is 3.37. The van der Waals surface area contributed by atoms with Gasteiger partial charge in [-0.05, 0) is 18.2 Å². The summed E-state index contributed by atoms with van der Waals surface area (Å²) in [5.74, 6) is -2.23. The van der Waals surface area contributed by atoms with E-state index in [1.165, 1.54) is 31.4 Å². The van der Waals surface area contributed by atoms with Crippen molar-refractivity contribution in [1.82, 2.24) is 0 Å². The zero-order valence-electron chi connectivity index (χ0n) is 18.8. The second kappa shape index (κ2) is 8.95. The van der Waals surface area contributed by atoms with E-state index < -0.39 is 35.5 Å². The van der Waals surface area contributed by atoms with E-state index in [-0.39, 0.29) is 33.7 Å². The lowest BCUT2D eigenvalue weighted by Crippen LogP contribution is -2.26. The van der Waals surface area contributed by atoms with Crippen molar-refractivity contribution < 1.29 is 33.1 Å². The molecule has 0 saturated heterocycles. The molecule has 0 spiro atoms. The monoisotopic (exact) mass is 483 g/mol. The summed E-state index contributed by atoms with van der Waals surface area (Å²) in [4.78, 5) is 63.3. The van der Waals surface area contributed by atoms with Gasteiger partial charge in [-0.3, -0.25) is 14.4 Å². The Hall–Kier alpha value is -5.05. The number of benzene rings is 3. The molecular formula is C27H17NO8. The third-order valence-corrected chi connectivity index (χ3v) is 5.72. The average Bonchev–Trinajstić information content (AvgIpc) is 2.89. The molecule has 0 unspecified atom stereocenters. The maximum Gasteiger partial charge on any atom is 0.351 e. The average molecular weight is 483 g/mol. The molecule has 9 nitrogen and oxygen atoms in total. The first-order valence-corrected chi connectivity index (χ1v) is 10.8. The van der Waals surface area contributed by atoms with Gasteiger partial charge >= 0.3 is 11.6 Å². The van der Waals surface area contributed by atoms with Gasteiger partial charge < -0.3 is 19.2 Å². The fraction of sp³-hybridized carbons (Fsp3) is 0.0741. The Morgan fingerprint density at radius 1 is 0.861 bits per heavy atom. The fourth-order valence-electron chi connectivity index (χ4n) is 4.07. The number of methoxy groups -OCH3 is 1. The Kier molecular flexibility index (Phi) is 5.65. The quantitative estimate of drug-likeness (QED) is 0.298. The van der Waals surface area contributed by atoms with Crippen molar-refractivity contribution in [2.75, 3.05) is 19.0 Å². The summed E-state index contributed by atoms with van der Waals surface area (Å²) < 4.78 is 15.3. The number of hydrogen-bond donors (Lipinski definition) is 1. The molecule has 178 valence electrons. The molecule has 36 heavy (non-hydrogen) atoms. The van der Waals surface area contributed by atoms with Crippen LogP contribution in [0.15, 0.2) is 75.9 Å². The summed E-state index contributed by atoms with van der Waals surface area (Å²) in [5, 5.41) is 2.95. The molecule has 1 aliphatic rings. The molecule has 0 aliphatic heterocycles. The van der Waals surface area contributed by atoms with Crippen LogP contribution in [-0.4, -0.2) is 37.2 Å². The topological polar surface area (TPSA) is 129 Å². The number of ether oxygens (including phenoxy) is 2. The lowest BCUT2D eigenvalue weighted by molar-refractivity contribution is -0.119. The third kappa shape index (κ3) is 3.82. The summed E-state index contributed by atoms with van der Waals surface area (Å²) >= 11 is 0. The van der Waals surface area contributed by atoms with Gasteiger partial charge in [-0.25, -0.2) is 9.59 Å². The van der Waals surface area contributed by atoms with E-state index in [0.717, 1.165) is 0 Å². The van der Waals surface area contributed by atoms with Crippen molar-refractivity contribution in [3.05, 3.63) is 105 Å². The molecule has 1 aromatic heterocycles. The third-order valence-electron chi connectivity index (χ3n) is 5.72. The first kappa shape index (κ1) is 22.7. The molecule has 0 saturated carbocycles. The van der Waals surface area contributed by atoms with E-state index in [9.17, 15) is 24.0 Å². The van der Waals surface area contributed by atoms with Crippen molar-refractivity contribution in [3.63, 3.8) is 0 Å². The second-order valence-corrected chi connectivity index (χ2v) is 7.88. The molecule has 9 heteroatoms. The van der Waals surface area contributed by atoms with Crippen LogP contribution in [0.25, 0.3) is 11.0 Å². The number of carbonyl (C=O) groups is 4. The second-order valence-electron chi connectivity index (χ2n) is 7.88. The number of rotatable bonds is 5. The molecule has 3 aromatic carbocycles. The van der Waals surface area contributed by atoms with Gasteiger partial charge in [0.1, 0.15) is 5.56 Å². The van der Waals surface area contributed by atoms with E-state index in [2.05, 4.69) is 5.32 Å². The van der Waals surface area contributed by atoms with Gasteiger partial charge in [-0.1, -0.05) is 48.5 Å². The van der Waals surface area contributed by atoms with Crippen LogP contribution in [-0.2, 0) is 9.53 Å². The van der Waals surface area contributed by atoms with Crippen LogP contribution in [0.2, 0.25) is 0 Å². The van der Waals surface area contributed by atoms with Gasteiger partial charge in [-0.15, -0.1) is 0 Å². The van der Waals surface area contributed by atoms with E-state index >= 15 is 0 Å². The molecule has 1 amide bonds. The molecule has 4 aromatic rings. The maximum absolute atomic E-state index is 13.1. The van der Waals surface area contributed by atoms with Crippen LogP contribution in [0.5, 0.6) is 5.75 Å².